The predicted molar refractivity (Wildman–Crippen MR) is 45.6 cm³/mol. The molecule has 0 radical (unpaired) electrons. The summed E-state index contributed by atoms with van der Waals surface area (Å²) < 4.78 is 0. The lowest BCUT2D eigenvalue weighted by Gasteiger charge is -2.07. The number of hydrogen-bond acceptors (Lipinski definition) is 2. The summed E-state index contributed by atoms with van der Waals surface area (Å²) in [6.07, 6.45) is 0.991. The fourth-order valence-corrected chi connectivity index (χ4v) is 1.40. The molecule has 1 atom stereocenters. The van der Waals surface area contributed by atoms with Gasteiger partial charge in [0.1, 0.15) is 5.78 Å². The van der Waals surface area contributed by atoms with E-state index in [9.17, 15) is 9.59 Å². The predicted octanol–water partition coefficient (Wildman–Crippen LogP) is 0.738. The first-order valence-electron chi connectivity index (χ1n) is 4.39. The monoisotopic (exact) mass is 169 g/mol. The van der Waals surface area contributed by atoms with Crippen LogP contribution in [0, 0.1) is 11.8 Å². The van der Waals surface area contributed by atoms with Crippen molar-refractivity contribution in [2.24, 2.45) is 11.8 Å². The van der Waals surface area contributed by atoms with Gasteiger partial charge in [-0.2, -0.15) is 0 Å². The maximum Gasteiger partial charge on any atom is 0.220 e. The molecule has 1 heterocycles. The zero-order chi connectivity index (χ0) is 9.14. The van der Waals surface area contributed by atoms with Crippen LogP contribution in [0.15, 0.2) is 0 Å². The van der Waals surface area contributed by atoms with Gasteiger partial charge < -0.3 is 5.32 Å². The third kappa shape index (κ3) is 2.32. The highest BCUT2D eigenvalue weighted by Crippen LogP contribution is 2.14. The molecule has 1 amide bonds. The number of carbonyl (C=O) groups is 2. The normalized spacial score (nSPS) is 22.9. The first kappa shape index (κ1) is 9.23. The number of amides is 1. The lowest BCUT2D eigenvalue weighted by atomic mass is 9.96. The molecule has 12 heavy (non-hydrogen) atoms. The first-order valence-corrected chi connectivity index (χ1v) is 4.39. The number of carbonyl (C=O) groups excluding carboxylic acids is 2. The zero-order valence-corrected chi connectivity index (χ0v) is 7.59. The minimum absolute atomic E-state index is 0.0112. The molecular formula is C9H15NO2. The Morgan fingerprint density at radius 1 is 1.67 bits per heavy atom. The molecule has 1 fully saturated rings. The van der Waals surface area contributed by atoms with Crippen LogP contribution in [0.2, 0.25) is 0 Å². The van der Waals surface area contributed by atoms with E-state index in [1.807, 2.05) is 13.8 Å². The molecule has 1 N–H and O–H groups in total. The minimum Gasteiger partial charge on any atom is -0.355 e. The van der Waals surface area contributed by atoms with Crippen molar-refractivity contribution >= 4 is 11.7 Å². The Bertz CT molecular complexity index is 199. The standard InChI is InChI=1S/C9H15NO2/c1-6(2)3-8(11)7-4-9(12)10-5-7/h6-7H,3-5H2,1-2H3,(H,10,12). The highest BCUT2D eigenvalue weighted by Gasteiger charge is 2.27. The number of rotatable bonds is 3. The molecule has 0 bridgehead atoms. The van der Waals surface area contributed by atoms with Gasteiger partial charge in [-0.3, -0.25) is 9.59 Å². The van der Waals surface area contributed by atoms with E-state index in [2.05, 4.69) is 5.32 Å². The summed E-state index contributed by atoms with van der Waals surface area (Å²) in [6.45, 7) is 4.58. The molecule has 0 aromatic heterocycles. The van der Waals surface area contributed by atoms with E-state index in [4.69, 9.17) is 0 Å². The van der Waals surface area contributed by atoms with Crippen molar-refractivity contribution in [2.45, 2.75) is 26.7 Å². The summed E-state index contributed by atoms with van der Waals surface area (Å²) in [7, 11) is 0. The Labute approximate surface area is 72.5 Å². The van der Waals surface area contributed by atoms with Gasteiger partial charge in [0.05, 0.1) is 0 Å². The average Bonchev–Trinajstić information content (AvgIpc) is 2.34. The van der Waals surface area contributed by atoms with Crippen molar-refractivity contribution in [3.63, 3.8) is 0 Å². The summed E-state index contributed by atoms with van der Waals surface area (Å²) in [5, 5.41) is 2.66. The van der Waals surface area contributed by atoms with Gasteiger partial charge in [-0.25, -0.2) is 0 Å². The van der Waals surface area contributed by atoms with Crippen LogP contribution in [0.25, 0.3) is 0 Å². The van der Waals surface area contributed by atoms with Gasteiger partial charge >= 0.3 is 0 Å². The molecule has 0 saturated carbocycles. The van der Waals surface area contributed by atoms with Crippen molar-refractivity contribution in [1.82, 2.24) is 5.32 Å². The molecule has 3 heteroatoms. The second-order valence-corrected chi connectivity index (χ2v) is 3.77. The molecule has 0 aliphatic carbocycles. The van der Waals surface area contributed by atoms with Gasteiger partial charge in [-0.15, -0.1) is 0 Å². The van der Waals surface area contributed by atoms with Crippen LogP contribution in [0.5, 0.6) is 0 Å². The Morgan fingerprint density at radius 3 is 2.75 bits per heavy atom. The largest absolute Gasteiger partial charge is 0.355 e. The topological polar surface area (TPSA) is 46.2 Å². The van der Waals surface area contributed by atoms with Gasteiger partial charge in [0.25, 0.3) is 0 Å². The molecule has 3 nitrogen and oxygen atoms in total. The van der Waals surface area contributed by atoms with Crippen LogP contribution in [0.1, 0.15) is 26.7 Å². The quantitative estimate of drug-likeness (QED) is 0.677. The maximum atomic E-state index is 11.4. The molecule has 68 valence electrons. The fourth-order valence-electron chi connectivity index (χ4n) is 1.40. The number of Topliss-reactive ketones (excluding diaryl/α,β-unsaturated/α-hetero) is 1. The third-order valence-corrected chi connectivity index (χ3v) is 2.04. The van der Waals surface area contributed by atoms with Crippen LogP contribution in [-0.2, 0) is 9.59 Å². The number of nitrogens with one attached hydrogen (secondary N) is 1. The SMILES string of the molecule is CC(C)CC(=O)C1CNC(=O)C1. The van der Waals surface area contributed by atoms with Crippen LogP contribution >= 0.6 is 0 Å². The molecule has 0 aromatic carbocycles. The van der Waals surface area contributed by atoms with Gasteiger partial charge in [-0.1, -0.05) is 13.8 Å². The smallest absolute Gasteiger partial charge is 0.220 e. The Morgan fingerprint density at radius 2 is 2.33 bits per heavy atom. The van der Waals surface area contributed by atoms with E-state index in [0.29, 0.717) is 25.3 Å². The molecule has 1 rings (SSSR count). The second-order valence-electron chi connectivity index (χ2n) is 3.77. The van der Waals surface area contributed by atoms with E-state index in [1.54, 1.807) is 0 Å². The molecule has 0 aromatic rings. The van der Waals surface area contributed by atoms with Crippen molar-refractivity contribution in [3.05, 3.63) is 0 Å². The van der Waals surface area contributed by atoms with Crippen molar-refractivity contribution in [3.8, 4) is 0 Å². The average molecular weight is 169 g/mol. The highest BCUT2D eigenvalue weighted by molar-refractivity contribution is 5.90. The van der Waals surface area contributed by atoms with E-state index >= 15 is 0 Å². The Hall–Kier alpha value is -0.860. The second kappa shape index (κ2) is 3.70. The summed E-state index contributed by atoms with van der Waals surface area (Å²) in [6, 6.07) is 0. The first-order chi connectivity index (χ1) is 5.59. The van der Waals surface area contributed by atoms with E-state index in [1.165, 1.54) is 0 Å². The Balaban J connectivity index is 2.38. The lowest BCUT2D eigenvalue weighted by molar-refractivity contribution is -0.125. The molecule has 1 aliphatic heterocycles. The Kier molecular flexibility index (Phi) is 2.84. The van der Waals surface area contributed by atoms with E-state index in [0.717, 1.165) is 0 Å². The van der Waals surface area contributed by atoms with Gasteiger partial charge in [0.2, 0.25) is 5.91 Å². The van der Waals surface area contributed by atoms with Crippen molar-refractivity contribution < 1.29 is 9.59 Å². The van der Waals surface area contributed by atoms with Gasteiger partial charge in [0, 0.05) is 25.3 Å². The van der Waals surface area contributed by atoms with Gasteiger partial charge in [0.15, 0.2) is 0 Å². The summed E-state index contributed by atoms with van der Waals surface area (Å²) in [5.74, 6) is 0.577. The lowest BCUT2D eigenvalue weighted by Crippen LogP contribution is -2.19. The van der Waals surface area contributed by atoms with Crippen molar-refractivity contribution in [2.75, 3.05) is 6.54 Å². The summed E-state index contributed by atoms with van der Waals surface area (Å²) in [5.41, 5.74) is 0. The number of hydrogen-bond donors (Lipinski definition) is 1. The number of ketones is 1. The van der Waals surface area contributed by atoms with Crippen LogP contribution in [0.4, 0.5) is 0 Å². The van der Waals surface area contributed by atoms with Gasteiger partial charge in [-0.05, 0) is 5.92 Å². The van der Waals surface area contributed by atoms with Crippen LogP contribution in [0.3, 0.4) is 0 Å². The van der Waals surface area contributed by atoms with E-state index in [-0.39, 0.29) is 17.6 Å². The molecular weight excluding hydrogens is 154 g/mol. The van der Waals surface area contributed by atoms with E-state index < -0.39 is 0 Å². The zero-order valence-electron chi connectivity index (χ0n) is 7.59. The van der Waals surface area contributed by atoms with Crippen molar-refractivity contribution in [1.29, 1.82) is 0 Å². The molecule has 1 saturated heterocycles. The maximum absolute atomic E-state index is 11.4. The molecule has 1 aliphatic rings. The molecule has 0 spiro atoms. The highest BCUT2D eigenvalue weighted by atomic mass is 16.2. The fraction of sp³-hybridized carbons (Fsp3) is 0.778. The van der Waals surface area contributed by atoms with Crippen LogP contribution in [-0.4, -0.2) is 18.2 Å². The third-order valence-electron chi connectivity index (χ3n) is 2.04. The summed E-state index contributed by atoms with van der Waals surface area (Å²) >= 11 is 0. The summed E-state index contributed by atoms with van der Waals surface area (Å²) in [4.78, 5) is 22.2. The van der Waals surface area contributed by atoms with Crippen LogP contribution < -0.4 is 5.32 Å². The minimum atomic E-state index is -0.0556. The molecule has 1 unspecified atom stereocenters.